The Morgan fingerprint density at radius 3 is 0.879 bits per heavy atom. The van der Waals surface area contributed by atoms with Gasteiger partial charge in [-0.15, -0.1) is 0 Å². The zero-order chi connectivity index (χ0) is 92.7. The van der Waals surface area contributed by atoms with Crippen LogP contribution in [0.2, 0.25) is 0 Å². The van der Waals surface area contributed by atoms with Crippen LogP contribution in [0.4, 0.5) is 0 Å². The molecule has 0 fully saturated rings. The van der Waals surface area contributed by atoms with E-state index in [2.05, 4.69) is 109 Å². The Morgan fingerprint density at radius 2 is 0.603 bits per heavy atom. The molecule has 0 aliphatic carbocycles. The Kier molecular flexibility index (Phi) is 136. The third kappa shape index (κ3) is 173. The van der Waals surface area contributed by atoms with Crippen LogP contribution in [0.5, 0.6) is 0 Å². The summed E-state index contributed by atoms with van der Waals surface area (Å²) in [7, 11) is 33.1. The summed E-state index contributed by atoms with van der Waals surface area (Å²) in [6, 6.07) is 0. The van der Waals surface area contributed by atoms with Crippen molar-refractivity contribution in [2.24, 2.45) is 0 Å². The van der Waals surface area contributed by atoms with Gasteiger partial charge in [0.2, 0.25) is 5.91 Å². The zero-order valence-corrected chi connectivity index (χ0v) is 74.6. The molecule has 0 saturated heterocycles. The highest BCUT2D eigenvalue weighted by molar-refractivity contribution is 5.90. The molecule has 0 spiro atoms. The first-order valence-corrected chi connectivity index (χ1v) is 35.8. The van der Waals surface area contributed by atoms with E-state index in [0.717, 1.165) is 64.6 Å². The Labute approximate surface area is 696 Å². The maximum atomic E-state index is 10.8. The van der Waals surface area contributed by atoms with Gasteiger partial charge in [0, 0.05) is 130 Å². The van der Waals surface area contributed by atoms with E-state index in [1.807, 2.05) is 111 Å². The van der Waals surface area contributed by atoms with E-state index in [1.165, 1.54) is 54.1 Å². The van der Waals surface area contributed by atoms with E-state index in [-0.39, 0.29) is 80.2 Å². The average molecular weight is 1670 g/mol. The van der Waals surface area contributed by atoms with Crippen molar-refractivity contribution in [3.8, 4) is 0 Å². The van der Waals surface area contributed by atoms with Crippen LogP contribution < -0.4 is 0 Å². The van der Waals surface area contributed by atoms with Crippen LogP contribution in [-0.4, -0.2) is 378 Å². The second-order valence-electron chi connectivity index (χ2n) is 23.2. The molecule has 0 aromatic rings. The third-order valence-electron chi connectivity index (χ3n) is 10.6. The molecule has 34 heteroatoms. The van der Waals surface area contributed by atoms with Gasteiger partial charge < -0.3 is 115 Å². The fourth-order valence-corrected chi connectivity index (χ4v) is 4.46. The second-order valence-corrected chi connectivity index (χ2v) is 23.2. The second kappa shape index (κ2) is 116. The first-order chi connectivity index (χ1) is 54.6. The fourth-order valence-electron chi connectivity index (χ4n) is 4.46. The van der Waals surface area contributed by atoms with Crippen LogP contribution in [0.3, 0.4) is 0 Å². The van der Waals surface area contributed by atoms with Crippen molar-refractivity contribution in [1.29, 1.82) is 0 Å². The number of aliphatic carboxylic acids is 1. The lowest BCUT2D eigenvalue weighted by Gasteiger charge is -2.09. The molecule has 0 saturated carbocycles. The van der Waals surface area contributed by atoms with Crippen molar-refractivity contribution in [1.82, 2.24) is 34.3 Å². The molecule has 1 amide bonds. The number of rotatable bonds is 50. The molecule has 676 valence electrons. The lowest BCUT2D eigenvalue weighted by molar-refractivity contribution is -0.141. The van der Waals surface area contributed by atoms with E-state index in [9.17, 15) is 47.9 Å². The molecule has 0 heterocycles. The first-order valence-electron chi connectivity index (χ1n) is 35.8. The van der Waals surface area contributed by atoms with Gasteiger partial charge in [0.05, 0.1) is 78.1 Å². The smallest absolute Gasteiger partial charge is 0.333 e. The number of allylic oxidation sites excluding steroid dienone is 4. The molecule has 0 aliphatic rings. The predicted molar refractivity (Wildman–Crippen MR) is 457 cm³/mol. The highest BCUT2D eigenvalue weighted by Crippen LogP contribution is 1.94. The SMILES string of the molecule is C/C=C\C(=O)OCCN(C)C.C/C=C\C(=O)OCCOC.C=C(C)C(=O)OCCN(C)C.C=C(C)C(=O)OCCOC.C=CC(=O)CCN(C)C.C=CC(=O)CCOCOCCC(=O)O.C=CC(=O)N(C)C.C=CC(=O)OCCN(C)C.C=CC(=O)OCCOC.C=COCCN(C)C.C=COCCN(C)C.C=COCCOC.C=O. The van der Waals surface area contributed by atoms with E-state index >= 15 is 0 Å². The molecule has 116 heavy (non-hydrogen) atoms. The number of hydrogen-bond acceptors (Lipinski definition) is 32. The third-order valence-corrected chi connectivity index (χ3v) is 10.6. The van der Waals surface area contributed by atoms with Crippen molar-refractivity contribution < 1.29 is 129 Å². The molecule has 1 N–H and O–H groups in total. The predicted octanol–water partition coefficient (Wildman–Crippen LogP) is 7.05. The summed E-state index contributed by atoms with van der Waals surface area (Å²) in [4.78, 5) is 126. The Balaban J connectivity index is -0.0000000909. The van der Waals surface area contributed by atoms with Gasteiger partial charge >= 0.3 is 41.8 Å². The van der Waals surface area contributed by atoms with E-state index in [0.29, 0.717) is 90.2 Å². The van der Waals surface area contributed by atoms with Crippen LogP contribution in [0.1, 0.15) is 47.0 Å². The Bertz CT molecular complexity index is 2510. The zero-order valence-electron chi connectivity index (χ0n) is 74.6. The van der Waals surface area contributed by atoms with Crippen molar-refractivity contribution in [2.45, 2.75) is 47.0 Å². The van der Waals surface area contributed by atoms with Gasteiger partial charge in [-0.25, -0.2) is 28.8 Å². The summed E-state index contributed by atoms with van der Waals surface area (Å²) in [6.07, 6.45) is 17.4. The lowest BCUT2D eigenvalue weighted by Crippen LogP contribution is -2.20. The van der Waals surface area contributed by atoms with Crippen molar-refractivity contribution >= 4 is 66.0 Å². The summed E-state index contributed by atoms with van der Waals surface area (Å²) in [6.45, 7) is 53.9. The molecule has 0 aliphatic heterocycles. The highest BCUT2D eigenvalue weighted by Gasteiger charge is 2.04. The Morgan fingerprint density at radius 1 is 0.328 bits per heavy atom. The number of likely N-dealkylation sites (N-methyl/N-ethyl adjacent to an activating group) is 6. The number of ketones is 2. The topological polar surface area (TPSA) is 369 Å². The lowest BCUT2D eigenvalue weighted by atomic mass is 10.3. The Hall–Kier alpha value is -9.43. The molecule has 0 aromatic carbocycles. The minimum atomic E-state index is -0.910. The van der Waals surface area contributed by atoms with Gasteiger partial charge in [-0.05, 0) is 130 Å². The maximum Gasteiger partial charge on any atom is 0.333 e. The average Bonchev–Trinajstić information content (AvgIpc) is 1.04. The number of nitrogens with zero attached hydrogens (tertiary/aromatic N) is 7. The van der Waals surface area contributed by atoms with Crippen LogP contribution in [0.25, 0.3) is 0 Å². The summed E-state index contributed by atoms with van der Waals surface area (Å²) in [5.74, 6) is -2.97. The van der Waals surface area contributed by atoms with Gasteiger partial charge in [0.15, 0.2) is 11.6 Å². The van der Waals surface area contributed by atoms with Crippen molar-refractivity contribution in [2.75, 3.05) is 272 Å². The number of carboxylic acids is 1. The quantitative estimate of drug-likeness (QED) is 0.0159. The minimum absolute atomic E-state index is 0.0116. The number of carbonyl (C=O) groups is 11. The van der Waals surface area contributed by atoms with Crippen LogP contribution in [-0.2, 0) is 124 Å². The van der Waals surface area contributed by atoms with E-state index < -0.39 is 11.9 Å². The standard InChI is InChI=1S/C9H14O5.2C8H15NO2.C7H13NO2.C7H13NO.2C7H12O3.2C6H13NO.C6H10O3.C5H9NO.C5H10O2.CH2O/c1-2-8(10)3-5-13-7-14-6-4-9(11)12;1-7(2)8(10)11-6-5-9(3)4;1-4-5-8(10)11-7-6-9(2)3;1-4-7(9)10-6-5-8(2)3;1-4-7(9)5-6-8(2)3;1-6(2)7(8)10-5-4-9-3;1-3-4-7(8)10-6-5-9-2;2*1-4-8-6-5-7(2)3;1-3-6(7)9-5-4-8-2;1-4-5(7)6(2)3;1-3-7-5-4-6-2;1-2/h2H,1,3-7H2,(H,11,12);1,5-6H2,2-4H3;4-5H,6-7H2,1-3H3;4H,1,5-6H2,2-3H3;4H,1,5-6H2,2-3H3;1,4-5H2,2-3H3;3-4H,5-6H2,1-2H3;2*4H,1,5-6H2,2-3H3;3H,1,4-5H2,2H3;4H,1H2,2-3H3;3H,1,4-5H2,2H3;1H2/b;;5-4-;;;;4-3-;;;;;;. The highest BCUT2D eigenvalue weighted by atomic mass is 16.7. The molecule has 0 atom stereocenters. The number of amides is 1. The van der Waals surface area contributed by atoms with Gasteiger partial charge in [-0.2, -0.15) is 0 Å². The number of ether oxygens (including phenoxy) is 15. The first kappa shape index (κ1) is 136. The summed E-state index contributed by atoms with van der Waals surface area (Å²) in [5, 5.41) is 8.24. The van der Waals surface area contributed by atoms with Crippen LogP contribution in [0.15, 0.2) is 150 Å². The monoisotopic (exact) mass is 1670 g/mol. The number of carbonyl (C=O) groups excluding carboxylic acids is 10. The fraction of sp³-hybridized carbons (Fsp3) is 0.573. The molecular formula is C82H151N7O27. The van der Waals surface area contributed by atoms with Gasteiger partial charge in [-0.1, -0.05) is 77.9 Å². The van der Waals surface area contributed by atoms with Crippen LogP contribution >= 0.6 is 0 Å². The molecule has 0 bridgehead atoms. The van der Waals surface area contributed by atoms with E-state index in [4.69, 9.17) is 47.8 Å². The summed E-state index contributed by atoms with van der Waals surface area (Å²) >= 11 is 0. The van der Waals surface area contributed by atoms with Crippen LogP contribution in [0, 0.1) is 0 Å². The molecule has 0 aromatic heterocycles. The van der Waals surface area contributed by atoms with E-state index in [1.54, 1.807) is 82.4 Å². The molecule has 0 radical (unpaired) electrons. The van der Waals surface area contributed by atoms with Crippen molar-refractivity contribution in [3.63, 3.8) is 0 Å². The van der Waals surface area contributed by atoms with Crippen molar-refractivity contribution in [3.05, 3.63) is 150 Å². The molecule has 0 rings (SSSR count). The largest absolute Gasteiger partial charge is 0.500 e. The normalized spacial score (nSPS) is 9.31. The summed E-state index contributed by atoms with van der Waals surface area (Å²) in [5.41, 5.74) is 0.861. The van der Waals surface area contributed by atoms with Gasteiger partial charge in [0.1, 0.15) is 59.8 Å². The number of carboxylic acid groups (broad SMARTS) is 1. The minimum Gasteiger partial charge on any atom is -0.500 e. The molecule has 34 nitrogen and oxygen atoms in total. The van der Waals surface area contributed by atoms with Gasteiger partial charge in [-0.3, -0.25) is 19.2 Å². The maximum absolute atomic E-state index is 10.8. The molecular weight excluding hydrogens is 1510 g/mol. The number of hydrogen-bond donors (Lipinski definition) is 1. The molecule has 0 unspecified atom stereocenters. The summed E-state index contributed by atoms with van der Waals surface area (Å²) < 4.78 is 71.1. The van der Waals surface area contributed by atoms with Gasteiger partial charge in [0.25, 0.3) is 0 Å². The number of methoxy groups -OCH3 is 4. The number of esters is 6.